The standard InChI is InChI=1S/C62H118O6/c1-4-7-10-13-16-19-22-25-28-30-32-34-37-40-43-46-49-52-55-61(64)67-58-59(57-66-60(63)54-51-48-45-42-39-36-33-27-24-21-18-15-12-9-6-3)68-62(65)56-53-50-47-44-41-38-35-31-29-26-23-20-17-14-11-8-5-2/h27,33,59H,4-26,28-32,34-58H2,1-3H3/b33-27-/t59-/m1/s1. The van der Waals surface area contributed by atoms with Gasteiger partial charge in [0.05, 0.1) is 0 Å². The normalized spacial score (nSPS) is 12.0. The van der Waals surface area contributed by atoms with Crippen LogP contribution < -0.4 is 0 Å². The van der Waals surface area contributed by atoms with Gasteiger partial charge >= 0.3 is 17.9 Å². The van der Waals surface area contributed by atoms with E-state index in [1.165, 1.54) is 244 Å². The first kappa shape index (κ1) is 66.2. The largest absolute Gasteiger partial charge is 0.462 e. The average Bonchev–Trinajstić information content (AvgIpc) is 3.34. The van der Waals surface area contributed by atoms with Crippen molar-refractivity contribution < 1.29 is 28.6 Å². The fourth-order valence-corrected chi connectivity index (χ4v) is 9.38. The van der Waals surface area contributed by atoms with Crippen LogP contribution in [0.1, 0.15) is 348 Å². The van der Waals surface area contributed by atoms with E-state index in [9.17, 15) is 14.4 Å². The molecule has 0 aliphatic carbocycles. The summed E-state index contributed by atoms with van der Waals surface area (Å²) in [4.78, 5) is 38.2. The molecule has 402 valence electrons. The van der Waals surface area contributed by atoms with Crippen LogP contribution >= 0.6 is 0 Å². The number of ether oxygens (including phenoxy) is 3. The molecule has 0 fully saturated rings. The Morgan fingerprint density at radius 2 is 0.485 bits per heavy atom. The summed E-state index contributed by atoms with van der Waals surface area (Å²) in [5.74, 6) is -0.846. The Hall–Kier alpha value is -1.85. The minimum Gasteiger partial charge on any atom is -0.462 e. The summed E-state index contributed by atoms with van der Waals surface area (Å²) in [6.45, 7) is 6.70. The Kier molecular flexibility index (Phi) is 56.2. The third-order valence-corrected chi connectivity index (χ3v) is 14.0. The first-order chi connectivity index (χ1) is 33.5. The van der Waals surface area contributed by atoms with Gasteiger partial charge in [0.15, 0.2) is 6.10 Å². The molecule has 0 N–H and O–H groups in total. The fourth-order valence-electron chi connectivity index (χ4n) is 9.38. The lowest BCUT2D eigenvalue weighted by Crippen LogP contribution is -2.30. The van der Waals surface area contributed by atoms with Gasteiger partial charge in [0.2, 0.25) is 0 Å². The summed E-state index contributed by atoms with van der Waals surface area (Å²) >= 11 is 0. The van der Waals surface area contributed by atoms with E-state index < -0.39 is 6.10 Å². The number of unbranched alkanes of at least 4 members (excludes halogenated alkanes) is 44. The molecule has 1 atom stereocenters. The Balaban J connectivity index is 4.31. The zero-order chi connectivity index (χ0) is 49.3. The third kappa shape index (κ3) is 55.1. The molecule has 6 nitrogen and oxygen atoms in total. The van der Waals surface area contributed by atoms with Gasteiger partial charge in [-0.1, -0.05) is 296 Å². The SMILES string of the molecule is CCCCCCCC/C=C\CCCCCCCC(=O)OC[C@H](COC(=O)CCCCCCCCCCCCCCCCCCCC)OC(=O)CCCCCCCCCCCCCCCCCCC. The maximum Gasteiger partial charge on any atom is 0.306 e. The molecule has 0 saturated heterocycles. The van der Waals surface area contributed by atoms with Crippen LogP contribution in [0, 0.1) is 0 Å². The van der Waals surface area contributed by atoms with Crippen molar-refractivity contribution in [2.24, 2.45) is 0 Å². The van der Waals surface area contributed by atoms with E-state index in [0.29, 0.717) is 19.3 Å². The topological polar surface area (TPSA) is 78.9 Å². The van der Waals surface area contributed by atoms with Gasteiger partial charge in [-0.25, -0.2) is 0 Å². The summed E-state index contributed by atoms with van der Waals surface area (Å²) in [6.07, 6.45) is 66.3. The lowest BCUT2D eigenvalue weighted by molar-refractivity contribution is -0.167. The number of rotatable bonds is 57. The highest BCUT2D eigenvalue weighted by molar-refractivity contribution is 5.71. The maximum absolute atomic E-state index is 12.9. The minimum absolute atomic E-state index is 0.0661. The lowest BCUT2D eigenvalue weighted by atomic mass is 10.0. The van der Waals surface area contributed by atoms with Crippen molar-refractivity contribution in [3.63, 3.8) is 0 Å². The molecule has 0 aliphatic heterocycles. The summed E-state index contributed by atoms with van der Waals surface area (Å²) in [7, 11) is 0. The Labute approximate surface area is 424 Å². The van der Waals surface area contributed by atoms with Crippen molar-refractivity contribution in [2.75, 3.05) is 13.2 Å². The number of carbonyl (C=O) groups is 3. The van der Waals surface area contributed by atoms with Gasteiger partial charge in [0.25, 0.3) is 0 Å². The van der Waals surface area contributed by atoms with E-state index in [-0.39, 0.29) is 31.1 Å². The molecular weight excluding hydrogens is 841 g/mol. The average molecular weight is 960 g/mol. The van der Waals surface area contributed by atoms with E-state index in [2.05, 4.69) is 32.9 Å². The second kappa shape index (κ2) is 57.7. The number of esters is 3. The zero-order valence-electron chi connectivity index (χ0n) is 46.2. The van der Waals surface area contributed by atoms with Crippen LogP contribution in [-0.2, 0) is 28.6 Å². The highest BCUT2D eigenvalue weighted by Gasteiger charge is 2.19. The van der Waals surface area contributed by atoms with Crippen LogP contribution in [0.25, 0.3) is 0 Å². The second-order valence-electron chi connectivity index (χ2n) is 21.0. The predicted molar refractivity (Wildman–Crippen MR) is 293 cm³/mol. The van der Waals surface area contributed by atoms with Gasteiger partial charge in [-0.2, -0.15) is 0 Å². The van der Waals surface area contributed by atoms with Crippen LogP contribution in [0.15, 0.2) is 12.2 Å². The first-order valence-electron chi connectivity index (χ1n) is 30.7. The van der Waals surface area contributed by atoms with Crippen molar-refractivity contribution in [1.82, 2.24) is 0 Å². The van der Waals surface area contributed by atoms with E-state index in [4.69, 9.17) is 14.2 Å². The molecule has 0 aliphatic rings. The molecule has 0 bridgehead atoms. The maximum atomic E-state index is 12.9. The molecule has 6 heteroatoms. The number of hydrogen-bond acceptors (Lipinski definition) is 6. The number of hydrogen-bond donors (Lipinski definition) is 0. The van der Waals surface area contributed by atoms with Crippen molar-refractivity contribution in [3.8, 4) is 0 Å². The summed E-state index contributed by atoms with van der Waals surface area (Å²) in [5, 5.41) is 0. The molecule has 68 heavy (non-hydrogen) atoms. The molecule has 0 saturated carbocycles. The molecule has 0 aromatic rings. The molecular formula is C62H118O6. The second-order valence-corrected chi connectivity index (χ2v) is 21.0. The highest BCUT2D eigenvalue weighted by Crippen LogP contribution is 2.18. The van der Waals surface area contributed by atoms with Gasteiger partial charge < -0.3 is 14.2 Å². The Morgan fingerprint density at radius 1 is 0.279 bits per heavy atom. The fraction of sp³-hybridized carbons (Fsp3) is 0.919. The van der Waals surface area contributed by atoms with Crippen molar-refractivity contribution in [1.29, 1.82) is 0 Å². The molecule has 0 aromatic carbocycles. The molecule has 0 amide bonds. The van der Waals surface area contributed by atoms with Gasteiger partial charge in [-0.15, -0.1) is 0 Å². The molecule has 0 heterocycles. The van der Waals surface area contributed by atoms with Crippen molar-refractivity contribution in [2.45, 2.75) is 354 Å². The molecule has 0 aromatic heterocycles. The molecule has 0 rings (SSSR count). The van der Waals surface area contributed by atoms with Gasteiger partial charge in [0.1, 0.15) is 13.2 Å². The zero-order valence-corrected chi connectivity index (χ0v) is 46.2. The molecule has 0 radical (unpaired) electrons. The van der Waals surface area contributed by atoms with Crippen LogP contribution in [0.5, 0.6) is 0 Å². The van der Waals surface area contributed by atoms with Crippen LogP contribution in [0.4, 0.5) is 0 Å². The lowest BCUT2D eigenvalue weighted by Gasteiger charge is -2.18. The summed E-state index contributed by atoms with van der Waals surface area (Å²) in [6, 6.07) is 0. The third-order valence-electron chi connectivity index (χ3n) is 14.0. The minimum atomic E-state index is -0.768. The number of allylic oxidation sites excluding steroid dienone is 2. The smallest absolute Gasteiger partial charge is 0.306 e. The monoisotopic (exact) mass is 959 g/mol. The van der Waals surface area contributed by atoms with E-state index in [1.54, 1.807) is 0 Å². The van der Waals surface area contributed by atoms with E-state index in [0.717, 1.165) is 64.2 Å². The summed E-state index contributed by atoms with van der Waals surface area (Å²) in [5.41, 5.74) is 0. The van der Waals surface area contributed by atoms with Gasteiger partial charge in [0, 0.05) is 19.3 Å². The Morgan fingerprint density at radius 3 is 0.735 bits per heavy atom. The molecule has 0 unspecified atom stereocenters. The molecule has 0 spiro atoms. The Bertz CT molecular complexity index is 1060. The van der Waals surface area contributed by atoms with Crippen molar-refractivity contribution >= 4 is 17.9 Å². The number of carbonyl (C=O) groups excluding carboxylic acids is 3. The summed E-state index contributed by atoms with van der Waals surface area (Å²) < 4.78 is 16.9. The van der Waals surface area contributed by atoms with Crippen molar-refractivity contribution in [3.05, 3.63) is 12.2 Å². The highest BCUT2D eigenvalue weighted by atomic mass is 16.6. The quantitative estimate of drug-likeness (QED) is 0.0262. The first-order valence-corrected chi connectivity index (χ1v) is 30.7. The van der Waals surface area contributed by atoms with Crippen LogP contribution in [0.2, 0.25) is 0 Å². The van der Waals surface area contributed by atoms with Crippen LogP contribution in [0.3, 0.4) is 0 Å². The van der Waals surface area contributed by atoms with Gasteiger partial charge in [-0.3, -0.25) is 14.4 Å². The van der Waals surface area contributed by atoms with E-state index >= 15 is 0 Å². The van der Waals surface area contributed by atoms with Gasteiger partial charge in [-0.05, 0) is 44.9 Å². The van der Waals surface area contributed by atoms with E-state index in [1.807, 2.05) is 0 Å². The predicted octanol–water partition coefficient (Wildman–Crippen LogP) is 20.5. The van der Waals surface area contributed by atoms with Crippen LogP contribution in [-0.4, -0.2) is 37.2 Å².